The molecule has 0 fully saturated rings. The number of anilines is 1. The van der Waals surface area contributed by atoms with Crippen molar-refractivity contribution in [1.29, 1.82) is 0 Å². The van der Waals surface area contributed by atoms with Gasteiger partial charge < -0.3 is 15.2 Å². The molecule has 0 spiro atoms. The SMILES string of the molecule is COc1cc(C[C@H]2C(=O)Nc3ccccc32)cc(C)c1O. The van der Waals surface area contributed by atoms with Crippen molar-refractivity contribution >= 4 is 11.6 Å². The van der Waals surface area contributed by atoms with E-state index in [0.717, 1.165) is 22.4 Å². The summed E-state index contributed by atoms with van der Waals surface area (Å²) in [6, 6.07) is 11.4. The minimum atomic E-state index is -0.199. The summed E-state index contributed by atoms with van der Waals surface area (Å²) in [7, 11) is 1.52. The Morgan fingerprint density at radius 2 is 2.05 bits per heavy atom. The first-order valence-corrected chi connectivity index (χ1v) is 6.86. The van der Waals surface area contributed by atoms with Crippen LogP contribution in [0.3, 0.4) is 0 Å². The fourth-order valence-electron chi connectivity index (χ4n) is 2.81. The molecule has 1 atom stereocenters. The van der Waals surface area contributed by atoms with Gasteiger partial charge in [0.25, 0.3) is 0 Å². The Morgan fingerprint density at radius 1 is 1.29 bits per heavy atom. The van der Waals surface area contributed by atoms with Gasteiger partial charge in [-0.2, -0.15) is 0 Å². The standard InChI is InChI=1S/C17H17NO3/c1-10-7-11(9-15(21-2)16(10)19)8-13-12-5-3-4-6-14(12)18-17(13)20/h3-7,9,13,19H,8H2,1-2H3,(H,18,20)/t13-/m1/s1. The zero-order valence-electron chi connectivity index (χ0n) is 12.0. The summed E-state index contributed by atoms with van der Waals surface area (Å²) >= 11 is 0. The molecule has 108 valence electrons. The maximum absolute atomic E-state index is 12.2. The zero-order valence-corrected chi connectivity index (χ0v) is 12.0. The molecule has 0 unspecified atom stereocenters. The Labute approximate surface area is 123 Å². The first-order chi connectivity index (χ1) is 10.1. The van der Waals surface area contributed by atoms with Crippen LogP contribution in [0.4, 0.5) is 5.69 Å². The first-order valence-electron chi connectivity index (χ1n) is 6.86. The van der Waals surface area contributed by atoms with Crippen LogP contribution in [0.15, 0.2) is 36.4 Å². The maximum Gasteiger partial charge on any atom is 0.232 e. The van der Waals surface area contributed by atoms with Crippen molar-refractivity contribution in [2.45, 2.75) is 19.3 Å². The highest BCUT2D eigenvalue weighted by Gasteiger charge is 2.30. The molecule has 2 N–H and O–H groups in total. The summed E-state index contributed by atoms with van der Waals surface area (Å²) in [5.74, 6) is 0.407. The predicted molar refractivity (Wildman–Crippen MR) is 80.9 cm³/mol. The van der Waals surface area contributed by atoms with Gasteiger partial charge in [0.2, 0.25) is 5.91 Å². The van der Waals surface area contributed by atoms with Crippen LogP contribution in [0.2, 0.25) is 0 Å². The van der Waals surface area contributed by atoms with Gasteiger partial charge in [-0.25, -0.2) is 0 Å². The minimum Gasteiger partial charge on any atom is -0.504 e. The molecule has 4 heteroatoms. The first kappa shape index (κ1) is 13.5. The second-order valence-electron chi connectivity index (χ2n) is 5.30. The largest absolute Gasteiger partial charge is 0.504 e. The van der Waals surface area contributed by atoms with E-state index >= 15 is 0 Å². The van der Waals surface area contributed by atoms with Crippen LogP contribution in [0.5, 0.6) is 11.5 Å². The lowest BCUT2D eigenvalue weighted by Gasteiger charge is -2.13. The molecule has 2 aromatic rings. The molecule has 4 nitrogen and oxygen atoms in total. The molecule has 2 aromatic carbocycles. The summed E-state index contributed by atoms with van der Waals surface area (Å²) in [5.41, 5.74) is 3.62. The molecule has 1 amide bonds. The van der Waals surface area contributed by atoms with E-state index in [2.05, 4.69) is 5.32 Å². The van der Waals surface area contributed by atoms with E-state index in [4.69, 9.17) is 4.74 Å². The third-order valence-electron chi connectivity index (χ3n) is 3.90. The summed E-state index contributed by atoms with van der Waals surface area (Å²) in [5, 5.41) is 12.8. The number of hydrogen-bond donors (Lipinski definition) is 2. The van der Waals surface area contributed by atoms with Gasteiger partial charge in [0.05, 0.1) is 13.0 Å². The predicted octanol–water partition coefficient (Wildman–Crippen LogP) is 2.99. The average Bonchev–Trinajstić information content (AvgIpc) is 2.79. The number of phenolic OH excluding ortho intramolecular Hbond substituents is 1. The molecule has 0 saturated carbocycles. The number of methoxy groups -OCH3 is 1. The van der Waals surface area contributed by atoms with E-state index in [-0.39, 0.29) is 17.6 Å². The summed E-state index contributed by atoms with van der Waals surface area (Å²) < 4.78 is 5.18. The topological polar surface area (TPSA) is 58.6 Å². The smallest absolute Gasteiger partial charge is 0.232 e. The number of aryl methyl sites for hydroxylation is 1. The summed E-state index contributed by atoms with van der Waals surface area (Å²) in [6.45, 7) is 1.82. The molecular weight excluding hydrogens is 266 g/mol. The van der Waals surface area contributed by atoms with Crippen LogP contribution in [0.1, 0.15) is 22.6 Å². The molecule has 1 aliphatic heterocycles. The number of rotatable bonds is 3. The van der Waals surface area contributed by atoms with Gasteiger partial charge in [-0.05, 0) is 42.2 Å². The quantitative estimate of drug-likeness (QED) is 0.910. The lowest BCUT2D eigenvalue weighted by Crippen LogP contribution is -2.14. The molecule has 0 bridgehead atoms. The van der Waals surface area contributed by atoms with Crippen LogP contribution in [-0.4, -0.2) is 18.1 Å². The second kappa shape index (κ2) is 5.13. The number of para-hydroxylation sites is 1. The third-order valence-corrected chi connectivity index (χ3v) is 3.90. The van der Waals surface area contributed by atoms with Gasteiger partial charge in [-0.3, -0.25) is 4.79 Å². The Balaban J connectivity index is 1.94. The zero-order chi connectivity index (χ0) is 15.0. The van der Waals surface area contributed by atoms with Gasteiger partial charge in [0, 0.05) is 5.69 Å². The molecule has 0 radical (unpaired) electrons. The number of fused-ring (bicyclic) bond motifs is 1. The molecule has 0 aliphatic carbocycles. The summed E-state index contributed by atoms with van der Waals surface area (Å²) in [4.78, 5) is 12.2. The Bertz CT molecular complexity index is 709. The third kappa shape index (κ3) is 2.33. The van der Waals surface area contributed by atoms with Crippen LogP contribution in [0.25, 0.3) is 0 Å². The molecular formula is C17H17NO3. The van der Waals surface area contributed by atoms with Crippen molar-refractivity contribution in [2.75, 3.05) is 12.4 Å². The van der Waals surface area contributed by atoms with E-state index in [1.165, 1.54) is 7.11 Å². The van der Waals surface area contributed by atoms with Crippen molar-refractivity contribution in [3.63, 3.8) is 0 Å². The van der Waals surface area contributed by atoms with Crippen LogP contribution >= 0.6 is 0 Å². The van der Waals surface area contributed by atoms with E-state index < -0.39 is 0 Å². The van der Waals surface area contributed by atoms with Crippen molar-refractivity contribution in [2.24, 2.45) is 0 Å². The Hall–Kier alpha value is -2.49. The highest BCUT2D eigenvalue weighted by atomic mass is 16.5. The minimum absolute atomic E-state index is 0.0147. The molecule has 0 aromatic heterocycles. The number of aromatic hydroxyl groups is 1. The molecule has 21 heavy (non-hydrogen) atoms. The average molecular weight is 283 g/mol. The van der Waals surface area contributed by atoms with Crippen molar-refractivity contribution in [3.05, 3.63) is 53.1 Å². The fourth-order valence-corrected chi connectivity index (χ4v) is 2.81. The normalized spacial score (nSPS) is 16.5. The lowest BCUT2D eigenvalue weighted by atomic mass is 9.92. The number of amides is 1. The number of phenols is 1. The Kier molecular flexibility index (Phi) is 3.29. The van der Waals surface area contributed by atoms with E-state index in [1.54, 1.807) is 6.07 Å². The van der Waals surface area contributed by atoms with Gasteiger partial charge in [0.15, 0.2) is 11.5 Å². The van der Waals surface area contributed by atoms with E-state index in [9.17, 15) is 9.90 Å². The number of hydrogen-bond acceptors (Lipinski definition) is 3. The molecule has 3 rings (SSSR count). The van der Waals surface area contributed by atoms with Crippen LogP contribution < -0.4 is 10.1 Å². The van der Waals surface area contributed by atoms with Gasteiger partial charge in [0.1, 0.15) is 0 Å². The van der Waals surface area contributed by atoms with Crippen LogP contribution in [-0.2, 0) is 11.2 Å². The van der Waals surface area contributed by atoms with Crippen molar-refractivity contribution in [1.82, 2.24) is 0 Å². The van der Waals surface area contributed by atoms with Gasteiger partial charge >= 0.3 is 0 Å². The number of nitrogens with one attached hydrogen (secondary N) is 1. The monoisotopic (exact) mass is 283 g/mol. The summed E-state index contributed by atoms with van der Waals surface area (Å²) in [6.07, 6.45) is 0.584. The Morgan fingerprint density at radius 3 is 2.81 bits per heavy atom. The molecule has 1 heterocycles. The van der Waals surface area contributed by atoms with E-state index in [0.29, 0.717) is 12.2 Å². The number of benzene rings is 2. The van der Waals surface area contributed by atoms with Crippen molar-refractivity contribution in [3.8, 4) is 11.5 Å². The second-order valence-corrected chi connectivity index (χ2v) is 5.30. The van der Waals surface area contributed by atoms with Crippen LogP contribution in [0, 0.1) is 6.92 Å². The van der Waals surface area contributed by atoms with Gasteiger partial charge in [-0.1, -0.05) is 24.3 Å². The number of carbonyl (C=O) groups excluding carboxylic acids is 1. The molecule has 1 aliphatic rings. The lowest BCUT2D eigenvalue weighted by molar-refractivity contribution is -0.117. The van der Waals surface area contributed by atoms with Gasteiger partial charge in [-0.15, -0.1) is 0 Å². The van der Waals surface area contributed by atoms with Crippen molar-refractivity contribution < 1.29 is 14.6 Å². The maximum atomic E-state index is 12.2. The highest BCUT2D eigenvalue weighted by molar-refractivity contribution is 6.03. The molecule has 0 saturated heterocycles. The number of ether oxygens (including phenoxy) is 1. The number of carbonyl (C=O) groups is 1. The highest BCUT2D eigenvalue weighted by Crippen LogP contribution is 2.37. The fraction of sp³-hybridized carbons (Fsp3) is 0.235. The van der Waals surface area contributed by atoms with E-state index in [1.807, 2.05) is 37.3 Å².